The molecule has 9 rings (SSSR count). The van der Waals surface area contributed by atoms with Crippen LogP contribution in [0.5, 0.6) is 0 Å². The SMILES string of the molecule is CC1(C)CCC(=O)C23COC(O)(C(O)C12)C12C(=O)C4(OC(=O)C5CCC(NC(=O)c6ccc(F)cc6)CC5)C1C(CCC32)C4(C)C. The lowest BCUT2D eigenvalue weighted by molar-refractivity contribution is -0.488. The number of fused-ring (bicyclic) bond motifs is 1. The van der Waals surface area contributed by atoms with Gasteiger partial charge in [0, 0.05) is 35.3 Å². The molecule has 9 unspecified atom stereocenters. The van der Waals surface area contributed by atoms with E-state index in [1.54, 1.807) is 0 Å². The molecule has 3 N–H and O–H groups in total. The quantitative estimate of drug-likeness (QED) is 0.425. The summed E-state index contributed by atoms with van der Waals surface area (Å²) in [5, 5.41) is 27.3. The van der Waals surface area contributed by atoms with Gasteiger partial charge in [-0.1, -0.05) is 27.7 Å². The van der Waals surface area contributed by atoms with Crippen molar-refractivity contribution in [2.24, 2.45) is 51.2 Å². The molecule has 10 heteroatoms. The maximum atomic E-state index is 14.9. The van der Waals surface area contributed by atoms with Gasteiger partial charge in [-0.15, -0.1) is 0 Å². The molecule has 8 aliphatic rings. The Morgan fingerprint density at radius 3 is 2.33 bits per heavy atom. The molecule has 1 aromatic carbocycles. The van der Waals surface area contributed by atoms with Gasteiger partial charge in [-0.05, 0) is 86.5 Å². The monoisotopic (exact) mass is 637 g/mol. The molecule has 9 nitrogen and oxygen atoms in total. The Morgan fingerprint density at radius 1 is 0.978 bits per heavy atom. The van der Waals surface area contributed by atoms with Gasteiger partial charge in [0.15, 0.2) is 11.4 Å². The predicted molar refractivity (Wildman–Crippen MR) is 160 cm³/mol. The molecule has 1 amide bonds. The lowest BCUT2D eigenvalue weighted by Gasteiger charge is -2.87. The van der Waals surface area contributed by atoms with Crippen LogP contribution in [0.4, 0.5) is 4.39 Å². The molecular weight excluding hydrogens is 593 g/mol. The zero-order valence-corrected chi connectivity index (χ0v) is 26.9. The van der Waals surface area contributed by atoms with Gasteiger partial charge in [0.25, 0.3) is 5.91 Å². The minimum Gasteiger partial charge on any atom is -0.450 e. The second-order valence-corrected chi connectivity index (χ2v) is 16.7. The van der Waals surface area contributed by atoms with Crippen LogP contribution in [0.15, 0.2) is 24.3 Å². The summed E-state index contributed by atoms with van der Waals surface area (Å²) in [4.78, 5) is 55.4. The first-order valence-corrected chi connectivity index (χ1v) is 17.0. The van der Waals surface area contributed by atoms with E-state index >= 15 is 0 Å². The van der Waals surface area contributed by atoms with E-state index in [9.17, 15) is 33.8 Å². The lowest BCUT2D eigenvalue weighted by Crippen LogP contribution is -2.99. The van der Waals surface area contributed by atoms with Crippen molar-refractivity contribution in [1.29, 1.82) is 0 Å². The molecule has 6 saturated carbocycles. The third-order valence-electron chi connectivity index (χ3n) is 14.4. The fraction of sp³-hybridized carbons (Fsp3) is 0.722. The van der Waals surface area contributed by atoms with E-state index < -0.39 is 80.4 Å². The van der Waals surface area contributed by atoms with Crippen molar-refractivity contribution in [3.8, 4) is 0 Å². The second kappa shape index (κ2) is 9.26. The molecule has 2 heterocycles. The summed E-state index contributed by atoms with van der Waals surface area (Å²) in [7, 11) is 0. The first-order valence-electron chi connectivity index (χ1n) is 17.0. The Morgan fingerprint density at radius 2 is 1.65 bits per heavy atom. The molecule has 6 aliphatic carbocycles. The Hall–Kier alpha value is -2.69. The Balaban J connectivity index is 1.04. The number of aliphatic hydroxyl groups is 2. The Labute approximate surface area is 268 Å². The molecule has 0 aromatic heterocycles. The number of aliphatic hydroxyl groups excluding tert-OH is 1. The van der Waals surface area contributed by atoms with Gasteiger partial charge < -0.3 is 25.0 Å². The molecule has 2 spiro atoms. The van der Waals surface area contributed by atoms with Crippen LogP contribution in [0.1, 0.15) is 89.4 Å². The van der Waals surface area contributed by atoms with E-state index in [4.69, 9.17) is 9.47 Å². The van der Waals surface area contributed by atoms with Crippen molar-refractivity contribution in [3.63, 3.8) is 0 Å². The number of hydrogen-bond acceptors (Lipinski definition) is 8. The standard InChI is InChI=1S/C36H44FNO8/c1-31(2)16-15-24(39)33-17-45-36(44,27(40)26(31)33)34-23(33)14-13-22-25(34)35(30(34)43,32(22,3)4)46-29(42)19-7-11-21(12-8-19)38-28(41)18-5-9-20(37)10-6-18/h5-6,9-10,19,21-23,25-27,40,44H,7-8,11-17H2,1-4H3,(H,38,41). The number of rotatable bonds is 4. The van der Waals surface area contributed by atoms with Gasteiger partial charge in [-0.3, -0.25) is 19.2 Å². The average molecular weight is 638 g/mol. The van der Waals surface area contributed by atoms with Crippen LogP contribution in [0.25, 0.3) is 0 Å². The molecule has 2 aliphatic heterocycles. The highest BCUT2D eigenvalue weighted by atomic mass is 19.1. The van der Waals surface area contributed by atoms with Gasteiger partial charge in [0.2, 0.25) is 5.79 Å². The van der Waals surface area contributed by atoms with E-state index in [1.165, 1.54) is 24.3 Å². The van der Waals surface area contributed by atoms with Gasteiger partial charge in [-0.25, -0.2) is 4.39 Å². The van der Waals surface area contributed by atoms with Crippen LogP contribution in [-0.4, -0.2) is 63.8 Å². The third-order valence-corrected chi connectivity index (χ3v) is 14.4. The number of halogens is 1. The van der Waals surface area contributed by atoms with Crippen LogP contribution in [0.3, 0.4) is 0 Å². The molecule has 248 valence electrons. The van der Waals surface area contributed by atoms with Gasteiger partial charge in [-0.2, -0.15) is 0 Å². The number of ketones is 2. The van der Waals surface area contributed by atoms with Crippen molar-refractivity contribution in [1.82, 2.24) is 5.32 Å². The molecule has 9 atom stereocenters. The Bertz CT molecular complexity index is 1550. The predicted octanol–water partition coefficient (Wildman–Crippen LogP) is 3.73. The third kappa shape index (κ3) is 3.22. The second-order valence-electron chi connectivity index (χ2n) is 16.7. The number of benzene rings is 1. The minimum atomic E-state index is -2.16. The summed E-state index contributed by atoms with van der Waals surface area (Å²) >= 11 is 0. The number of hydrogen-bond donors (Lipinski definition) is 3. The number of nitrogens with one attached hydrogen (secondary N) is 1. The number of carbonyl (C=O) groups is 4. The molecular formula is C36H44FNO8. The van der Waals surface area contributed by atoms with Crippen LogP contribution in [0.2, 0.25) is 0 Å². The first-order chi connectivity index (χ1) is 21.6. The van der Waals surface area contributed by atoms with Gasteiger partial charge in [0.1, 0.15) is 23.1 Å². The van der Waals surface area contributed by atoms with Gasteiger partial charge in [0.05, 0.1) is 17.9 Å². The molecule has 2 bridgehead atoms. The first kappa shape index (κ1) is 30.6. The smallest absolute Gasteiger partial charge is 0.309 e. The number of carbonyl (C=O) groups excluding carboxylic acids is 4. The molecule has 1 aromatic rings. The highest BCUT2D eigenvalue weighted by Crippen LogP contribution is 2.87. The van der Waals surface area contributed by atoms with E-state index in [1.807, 2.05) is 27.7 Å². The highest BCUT2D eigenvalue weighted by molar-refractivity contribution is 6.07. The average Bonchev–Trinajstić information content (AvgIpc) is 3.02. The number of esters is 1. The zero-order chi connectivity index (χ0) is 32.8. The summed E-state index contributed by atoms with van der Waals surface area (Å²) in [6, 6.07) is 5.20. The maximum absolute atomic E-state index is 14.9. The van der Waals surface area contributed by atoms with E-state index in [-0.39, 0.29) is 30.3 Å². The number of amides is 1. The largest absolute Gasteiger partial charge is 0.450 e. The Kier molecular flexibility index (Phi) is 6.17. The molecule has 8 fully saturated rings. The van der Waals surface area contributed by atoms with Crippen molar-refractivity contribution in [2.45, 2.75) is 103 Å². The van der Waals surface area contributed by atoms with Crippen LogP contribution in [-0.2, 0) is 23.9 Å². The normalized spacial score (nSPS) is 47.3. The van der Waals surface area contributed by atoms with Crippen molar-refractivity contribution in [2.75, 3.05) is 6.61 Å². The lowest BCUT2D eigenvalue weighted by atomic mass is 9.18. The fourth-order valence-corrected chi connectivity index (χ4v) is 12.3. The molecule has 46 heavy (non-hydrogen) atoms. The fourth-order valence-electron chi connectivity index (χ4n) is 12.3. The van der Waals surface area contributed by atoms with Crippen molar-refractivity contribution >= 4 is 23.4 Å². The van der Waals surface area contributed by atoms with Gasteiger partial charge >= 0.3 is 5.97 Å². The number of ether oxygens (including phenoxy) is 2. The highest BCUT2D eigenvalue weighted by Gasteiger charge is 2.99. The summed E-state index contributed by atoms with van der Waals surface area (Å²) in [6.45, 7) is 7.95. The summed E-state index contributed by atoms with van der Waals surface area (Å²) in [5.41, 5.74) is -4.80. The van der Waals surface area contributed by atoms with Crippen molar-refractivity contribution < 1.29 is 43.3 Å². The summed E-state index contributed by atoms with van der Waals surface area (Å²) < 4.78 is 25.7. The van der Waals surface area contributed by atoms with E-state index in [0.717, 1.165) is 6.42 Å². The zero-order valence-electron chi connectivity index (χ0n) is 26.9. The van der Waals surface area contributed by atoms with Crippen LogP contribution >= 0.6 is 0 Å². The topological polar surface area (TPSA) is 139 Å². The molecule has 2 saturated heterocycles. The van der Waals surface area contributed by atoms with Crippen LogP contribution < -0.4 is 5.32 Å². The van der Waals surface area contributed by atoms with E-state index in [2.05, 4.69) is 5.32 Å². The van der Waals surface area contributed by atoms with Crippen LogP contribution in [0, 0.1) is 57.1 Å². The summed E-state index contributed by atoms with van der Waals surface area (Å²) in [6.07, 6.45) is 2.88. The number of Topliss-reactive ketones (excluding diaryl/α,β-unsaturated/α-hetero) is 2. The maximum Gasteiger partial charge on any atom is 0.309 e. The van der Waals surface area contributed by atoms with E-state index in [0.29, 0.717) is 50.5 Å². The summed E-state index contributed by atoms with van der Waals surface area (Å²) in [5.74, 6) is -5.81. The minimum absolute atomic E-state index is 0.00427. The molecule has 0 radical (unpaired) electrons. The van der Waals surface area contributed by atoms with Crippen molar-refractivity contribution in [3.05, 3.63) is 35.6 Å².